The van der Waals surface area contributed by atoms with Crippen molar-refractivity contribution in [3.05, 3.63) is 29.8 Å². The minimum atomic E-state index is -0.0960. The molecule has 1 spiro atoms. The van der Waals surface area contributed by atoms with E-state index in [0.717, 1.165) is 44.3 Å². The average Bonchev–Trinajstić information content (AvgIpc) is 2.97. The molecule has 3 rings (SSSR count). The lowest BCUT2D eigenvalue weighted by atomic mass is 9.89. The number of hydrogen-bond donors (Lipinski definition) is 3. The second-order valence-corrected chi connectivity index (χ2v) is 7.32. The van der Waals surface area contributed by atoms with Crippen LogP contribution in [0.2, 0.25) is 0 Å². The maximum absolute atomic E-state index is 12.3. The van der Waals surface area contributed by atoms with Gasteiger partial charge in [-0.25, -0.2) is 4.79 Å². The lowest BCUT2D eigenvalue weighted by Crippen LogP contribution is -2.51. The standard InChI is InChI=1S/C19H28N2O3/c1-14(12-15-4-6-17(22)7-5-15)20-18(23)21-16-8-11-24-19(13-16)9-2-3-10-19/h4-7,14,16,22H,2-3,8-13H2,1H3,(H2,20,21,23)/t14-,16-/m1/s1. The molecule has 5 nitrogen and oxygen atoms in total. The predicted octanol–water partition coefficient (Wildman–Crippen LogP) is 3.11. The second kappa shape index (κ2) is 7.43. The number of phenolic OH excluding ortho intramolecular Hbond substituents is 1. The summed E-state index contributed by atoms with van der Waals surface area (Å²) >= 11 is 0. The molecule has 2 fully saturated rings. The molecule has 0 aromatic heterocycles. The molecule has 2 atom stereocenters. The van der Waals surface area contributed by atoms with E-state index in [4.69, 9.17) is 4.74 Å². The summed E-state index contributed by atoms with van der Waals surface area (Å²) in [5.74, 6) is 0.262. The van der Waals surface area contributed by atoms with E-state index < -0.39 is 0 Å². The maximum atomic E-state index is 12.3. The van der Waals surface area contributed by atoms with Gasteiger partial charge in [-0.05, 0) is 56.7 Å². The number of phenols is 1. The van der Waals surface area contributed by atoms with Crippen LogP contribution in [-0.4, -0.2) is 35.4 Å². The molecule has 132 valence electrons. The van der Waals surface area contributed by atoms with Crippen LogP contribution in [0.1, 0.15) is 51.0 Å². The van der Waals surface area contributed by atoms with Crippen LogP contribution in [0, 0.1) is 0 Å². The summed E-state index contributed by atoms with van der Waals surface area (Å²) in [5, 5.41) is 15.5. The molecule has 1 aromatic rings. The Morgan fingerprint density at radius 3 is 2.75 bits per heavy atom. The first-order valence-electron chi connectivity index (χ1n) is 9.04. The minimum Gasteiger partial charge on any atom is -0.508 e. The van der Waals surface area contributed by atoms with Crippen molar-refractivity contribution in [2.24, 2.45) is 0 Å². The van der Waals surface area contributed by atoms with Crippen molar-refractivity contribution >= 4 is 6.03 Å². The number of carbonyl (C=O) groups excluding carboxylic acids is 1. The van der Waals surface area contributed by atoms with Crippen molar-refractivity contribution < 1.29 is 14.6 Å². The van der Waals surface area contributed by atoms with Crippen LogP contribution in [0.15, 0.2) is 24.3 Å². The van der Waals surface area contributed by atoms with E-state index in [-0.39, 0.29) is 29.5 Å². The first kappa shape index (κ1) is 17.1. The molecule has 0 radical (unpaired) electrons. The maximum Gasteiger partial charge on any atom is 0.315 e. The Kier molecular flexibility index (Phi) is 5.29. The van der Waals surface area contributed by atoms with Gasteiger partial charge in [-0.2, -0.15) is 0 Å². The van der Waals surface area contributed by atoms with Gasteiger partial charge < -0.3 is 20.5 Å². The number of amides is 2. The lowest BCUT2D eigenvalue weighted by molar-refractivity contribution is -0.0820. The van der Waals surface area contributed by atoms with Crippen LogP contribution in [0.4, 0.5) is 4.79 Å². The highest BCUT2D eigenvalue weighted by Gasteiger charge is 2.40. The van der Waals surface area contributed by atoms with Crippen molar-refractivity contribution in [1.82, 2.24) is 10.6 Å². The van der Waals surface area contributed by atoms with Crippen LogP contribution < -0.4 is 10.6 Å². The number of ether oxygens (including phenoxy) is 1. The van der Waals surface area contributed by atoms with Crippen LogP contribution in [0.5, 0.6) is 5.75 Å². The summed E-state index contributed by atoms with van der Waals surface area (Å²) in [7, 11) is 0. The Morgan fingerprint density at radius 1 is 1.33 bits per heavy atom. The Balaban J connectivity index is 1.45. The highest BCUT2D eigenvalue weighted by atomic mass is 16.5. The van der Waals surface area contributed by atoms with E-state index in [1.807, 2.05) is 19.1 Å². The minimum absolute atomic E-state index is 0.0217. The van der Waals surface area contributed by atoms with Gasteiger partial charge in [0, 0.05) is 18.7 Å². The number of carbonyl (C=O) groups is 1. The van der Waals surface area contributed by atoms with Gasteiger partial charge in [-0.3, -0.25) is 0 Å². The van der Waals surface area contributed by atoms with Gasteiger partial charge in [0.1, 0.15) is 5.75 Å². The summed E-state index contributed by atoms with van der Waals surface area (Å²) in [6.45, 7) is 2.74. The van der Waals surface area contributed by atoms with Crippen LogP contribution in [-0.2, 0) is 11.2 Å². The van der Waals surface area contributed by atoms with Crippen LogP contribution in [0.25, 0.3) is 0 Å². The van der Waals surface area contributed by atoms with Crippen LogP contribution >= 0.6 is 0 Å². The number of benzene rings is 1. The first-order valence-corrected chi connectivity index (χ1v) is 9.04. The number of aromatic hydroxyl groups is 1. The number of hydrogen-bond acceptors (Lipinski definition) is 3. The number of urea groups is 1. The molecule has 0 bridgehead atoms. The molecule has 1 saturated carbocycles. The summed E-state index contributed by atoms with van der Waals surface area (Å²) in [4.78, 5) is 12.3. The molecule has 1 heterocycles. The SMILES string of the molecule is C[C@H](Cc1ccc(O)cc1)NC(=O)N[C@@H]1CCOC2(CCCC2)C1. The third-order valence-corrected chi connectivity index (χ3v) is 5.20. The fourth-order valence-corrected chi connectivity index (χ4v) is 4.01. The molecule has 2 aliphatic rings. The van der Waals surface area contributed by atoms with E-state index in [1.165, 1.54) is 12.8 Å². The van der Waals surface area contributed by atoms with Gasteiger partial charge in [0.25, 0.3) is 0 Å². The topological polar surface area (TPSA) is 70.6 Å². The molecule has 24 heavy (non-hydrogen) atoms. The molecule has 5 heteroatoms. The van der Waals surface area contributed by atoms with Gasteiger partial charge in [0.05, 0.1) is 5.60 Å². The number of nitrogens with one attached hydrogen (secondary N) is 2. The molecule has 1 aliphatic heterocycles. The average molecular weight is 332 g/mol. The molecular formula is C19H28N2O3. The van der Waals surface area contributed by atoms with E-state index in [9.17, 15) is 9.90 Å². The molecule has 1 saturated heterocycles. The van der Waals surface area contributed by atoms with Gasteiger partial charge in [-0.15, -0.1) is 0 Å². The van der Waals surface area contributed by atoms with Gasteiger partial charge in [0.15, 0.2) is 0 Å². The normalized spacial score (nSPS) is 23.8. The summed E-state index contributed by atoms with van der Waals surface area (Å²) < 4.78 is 6.02. The molecule has 2 amide bonds. The monoisotopic (exact) mass is 332 g/mol. The smallest absolute Gasteiger partial charge is 0.315 e. The van der Waals surface area contributed by atoms with Gasteiger partial charge in [0.2, 0.25) is 0 Å². The van der Waals surface area contributed by atoms with E-state index in [2.05, 4.69) is 10.6 Å². The molecule has 3 N–H and O–H groups in total. The fourth-order valence-electron chi connectivity index (χ4n) is 4.01. The zero-order chi connectivity index (χ0) is 17.0. The van der Waals surface area contributed by atoms with Crippen molar-refractivity contribution in [1.29, 1.82) is 0 Å². The highest BCUT2D eigenvalue weighted by Crippen LogP contribution is 2.39. The van der Waals surface area contributed by atoms with Crippen molar-refractivity contribution in [3.8, 4) is 5.75 Å². The van der Waals surface area contributed by atoms with E-state index in [1.54, 1.807) is 12.1 Å². The van der Waals surface area contributed by atoms with Crippen molar-refractivity contribution in [3.63, 3.8) is 0 Å². The predicted molar refractivity (Wildman–Crippen MR) is 93.1 cm³/mol. The van der Waals surface area contributed by atoms with Gasteiger partial charge >= 0.3 is 6.03 Å². The van der Waals surface area contributed by atoms with E-state index >= 15 is 0 Å². The van der Waals surface area contributed by atoms with Crippen molar-refractivity contribution in [2.75, 3.05) is 6.61 Å². The molecule has 0 unspecified atom stereocenters. The summed E-state index contributed by atoms with van der Waals surface area (Å²) in [6.07, 6.45) is 7.30. The van der Waals surface area contributed by atoms with E-state index in [0.29, 0.717) is 0 Å². The summed E-state index contributed by atoms with van der Waals surface area (Å²) in [5.41, 5.74) is 1.12. The molecule has 1 aliphatic carbocycles. The molecule has 1 aromatic carbocycles. The third kappa shape index (κ3) is 4.41. The molecular weight excluding hydrogens is 304 g/mol. The summed E-state index contributed by atoms with van der Waals surface area (Å²) in [6, 6.07) is 7.26. The first-order chi connectivity index (χ1) is 11.5. The Labute approximate surface area is 143 Å². The Hall–Kier alpha value is -1.75. The Bertz CT molecular complexity index is 552. The highest BCUT2D eigenvalue weighted by molar-refractivity contribution is 5.74. The largest absolute Gasteiger partial charge is 0.508 e. The van der Waals surface area contributed by atoms with Gasteiger partial charge in [-0.1, -0.05) is 25.0 Å². The zero-order valence-corrected chi connectivity index (χ0v) is 14.4. The third-order valence-electron chi connectivity index (χ3n) is 5.20. The lowest BCUT2D eigenvalue weighted by Gasteiger charge is -2.38. The van der Waals surface area contributed by atoms with Crippen LogP contribution in [0.3, 0.4) is 0 Å². The van der Waals surface area contributed by atoms with Crippen molar-refractivity contribution in [2.45, 2.75) is 69.6 Å². The second-order valence-electron chi connectivity index (χ2n) is 7.32. The fraction of sp³-hybridized carbons (Fsp3) is 0.632. The number of rotatable bonds is 4. The Morgan fingerprint density at radius 2 is 2.04 bits per heavy atom. The quantitative estimate of drug-likeness (QED) is 0.793. The zero-order valence-electron chi connectivity index (χ0n) is 14.4.